The van der Waals surface area contributed by atoms with Gasteiger partial charge in [0.1, 0.15) is 0 Å². The Morgan fingerprint density at radius 3 is 2.79 bits per heavy atom. The lowest BCUT2D eigenvalue weighted by Gasteiger charge is -2.22. The summed E-state index contributed by atoms with van der Waals surface area (Å²) >= 11 is 0. The maximum Gasteiger partial charge on any atom is 0.280 e. The molecule has 0 aliphatic rings. The first-order valence-corrected chi connectivity index (χ1v) is 5.61. The summed E-state index contributed by atoms with van der Waals surface area (Å²) in [6.07, 6.45) is -0.231. The molecule has 0 aliphatic heterocycles. The lowest BCUT2D eigenvalue weighted by atomic mass is 10.1. The molecule has 1 aromatic rings. The van der Waals surface area contributed by atoms with Crippen LogP contribution in [0.15, 0.2) is 18.2 Å². The van der Waals surface area contributed by atoms with Crippen molar-refractivity contribution in [3.63, 3.8) is 0 Å². The number of ether oxygens (including phenoxy) is 1. The Hall–Kier alpha value is -1.99. The molecular formula is C12H16N2O5. The van der Waals surface area contributed by atoms with Crippen LogP contribution in [0.1, 0.15) is 10.4 Å². The lowest BCUT2D eigenvalue weighted by molar-refractivity contribution is -0.385. The minimum atomic E-state index is -0.676. The molecule has 1 unspecified atom stereocenters. The lowest BCUT2D eigenvalue weighted by Crippen LogP contribution is -2.31. The zero-order chi connectivity index (χ0) is 14.4. The number of aliphatic hydroxyl groups excluding tert-OH is 1. The van der Waals surface area contributed by atoms with E-state index < -0.39 is 11.0 Å². The number of aliphatic hydroxyl groups is 1. The number of nitrogens with zero attached hydrogens (tertiary/aromatic N) is 2. The van der Waals surface area contributed by atoms with Crippen molar-refractivity contribution in [2.45, 2.75) is 6.10 Å². The average Bonchev–Trinajstić information content (AvgIpc) is 2.37. The molecule has 0 saturated heterocycles. The first-order chi connectivity index (χ1) is 8.99. The number of benzene rings is 1. The number of methoxy groups -OCH3 is 1. The van der Waals surface area contributed by atoms with E-state index in [0.29, 0.717) is 18.5 Å². The molecule has 7 nitrogen and oxygen atoms in total. The molecule has 0 amide bonds. The van der Waals surface area contributed by atoms with Gasteiger partial charge in [0.25, 0.3) is 5.69 Å². The van der Waals surface area contributed by atoms with Gasteiger partial charge in [-0.05, 0) is 12.1 Å². The van der Waals surface area contributed by atoms with Crippen LogP contribution in [0, 0.1) is 10.1 Å². The molecule has 19 heavy (non-hydrogen) atoms. The number of nitro groups is 1. The van der Waals surface area contributed by atoms with Gasteiger partial charge in [0.05, 0.1) is 23.2 Å². The van der Waals surface area contributed by atoms with Gasteiger partial charge >= 0.3 is 0 Å². The van der Waals surface area contributed by atoms with Gasteiger partial charge < -0.3 is 14.7 Å². The van der Waals surface area contributed by atoms with Crippen LogP contribution in [-0.4, -0.2) is 49.7 Å². The zero-order valence-electron chi connectivity index (χ0n) is 10.8. The first-order valence-electron chi connectivity index (χ1n) is 5.61. The van der Waals surface area contributed by atoms with Crippen molar-refractivity contribution in [1.82, 2.24) is 0 Å². The summed E-state index contributed by atoms with van der Waals surface area (Å²) in [6.45, 7) is 0.488. The van der Waals surface area contributed by atoms with Crippen LogP contribution in [0.2, 0.25) is 0 Å². The Morgan fingerprint density at radius 2 is 2.26 bits per heavy atom. The molecule has 1 atom stereocenters. The normalized spacial score (nSPS) is 11.9. The molecular weight excluding hydrogens is 252 g/mol. The van der Waals surface area contributed by atoms with E-state index in [-0.39, 0.29) is 17.9 Å². The summed E-state index contributed by atoms with van der Waals surface area (Å²) in [5.41, 5.74) is 0.392. The quantitative estimate of drug-likeness (QED) is 0.447. The van der Waals surface area contributed by atoms with Gasteiger partial charge in [0, 0.05) is 32.5 Å². The molecule has 0 saturated carbocycles. The van der Waals surface area contributed by atoms with Crippen molar-refractivity contribution in [1.29, 1.82) is 0 Å². The summed E-state index contributed by atoms with van der Waals surface area (Å²) in [4.78, 5) is 22.6. The Balaban J connectivity index is 2.89. The third-order valence-corrected chi connectivity index (χ3v) is 2.62. The predicted octanol–water partition coefficient (Wildman–Crippen LogP) is 0.851. The Bertz CT molecular complexity index is 463. The van der Waals surface area contributed by atoms with E-state index in [9.17, 15) is 20.0 Å². The Kier molecular flexibility index (Phi) is 5.40. The molecule has 104 valence electrons. The van der Waals surface area contributed by atoms with Crippen LogP contribution in [-0.2, 0) is 4.74 Å². The maximum absolute atomic E-state index is 10.8. The van der Waals surface area contributed by atoms with Crippen molar-refractivity contribution in [2.24, 2.45) is 0 Å². The van der Waals surface area contributed by atoms with Gasteiger partial charge in [-0.25, -0.2) is 0 Å². The summed E-state index contributed by atoms with van der Waals surface area (Å²) in [5.74, 6) is 0. The van der Waals surface area contributed by atoms with Crippen molar-refractivity contribution in [3.05, 3.63) is 33.9 Å². The third-order valence-electron chi connectivity index (χ3n) is 2.62. The highest BCUT2D eigenvalue weighted by Gasteiger charge is 2.16. The minimum absolute atomic E-state index is 0.00980. The van der Waals surface area contributed by atoms with E-state index >= 15 is 0 Å². The fourth-order valence-electron chi connectivity index (χ4n) is 1.71. The van der Waals surface area contributed by atoms with Crippen LogP contribution < -0.4 is 4.90 Å². The predicted molar refractivity (Wildman–Crippen MR) is 69.6 cm³/mol. The van der Waals surface area contributed by atoms with Crippen molar-refractivity contribution in [2.75, 3.05) is 32.2 Å². The van der Waals surface area contributed by atoms with Crippen LogP contribution in [0.25, 0.3) is 0 Å². The standard InChI is InChI=1S/C12H16N2O5/c1-13(6-11(16)8-19-2)10-3-4-12(14(17)18)9(5-10)7-15/h3-5,7,11,16H,6,8H2,1-2H3. The molecule has 1 aromatic carbocycles. The highest BCUT2D eigenvalue weighted by Crippen LogP contribution is 2.23. The molecule has 0 aromatic heterocycles. The third kappa shape index (κ3) is 4.01. The summed E-state index contributed by atoms with van der Waals surface area (Å²) < 4.78 is 4.81. The fourth-order valence-corrected chi connectivity index (χ4v) is 1.71. The number of likely N-dealkylation sites (N-methyl/N-ethyl adjacent to an activating group) is 1. The fraction of sp³-hybridized carbons (Fsp3) is 0.417. The number of carbonyl (C=O) groups is 1. The molecule has 1 N–H and O–H groups in total. The molecule has 0 fully saturated rings. The molecule has 0 bridgehead atoms. The van der Waals surface area contributed by atoms with Crippen LogP contribution in [0.5, 0.6) is 0 Å². The number of hydrogen-bond acceptors (Lipinski definition) is 6. The molecule has 0 radical (unpaired) electrons. The van der Waals surface area contributed by atoms with Gasteiger partial charge in [-0.15, -0.1) is 0 Å². The van der Waals surface area contributed by atoms with Crippen LogP contribution >= 0.6 is 0 Å². The number of carbonyl (C=O) groups excluding carboxylic acids is 1. The van der Waals surface area contributed by atoms with Crippen molar-refractivity contribution < 1.29 is 19.6 Å². The minimum Gasteiger partial charge on any atom is -0.389 e. The molecule has 0 spiro atoms. The van der Waals surface area contributed by atoms with Gasteiger partial charge in [0.15, 0.2) is 6.29 Å². The SMILES string of the molecule is COCC(O)CN(C)c1ccc([N+](=O)[O-])c(C=O)c1. The number of hydrogen-bond donors (Lipinski definition) is 1. The second-order valence-corrected chi connectivity index (χ2v) is 4.11. The maximum atomic E-state index is 10.8. The zero-order valence-corrected chi connectivity index (χ0v) is 10.8. The highest BCUT2D eigenvalue weighted by molar-refractivity contribution is 5.83. The highest BCUT2D eigenvalue weighted by atomic mass is 16.6. The largest absolute Gasteiger partial charge is 0.389 e. The molecule has 0 heterocycles. The van der Waals surface area contributed by atoms with Gasteiger partial charge in [-0.1, -0.05) is 0 Å². The van der Waals surface area contributed by atoms with Gasteiger partial charge in [-0.3, -0.25) is 14.9 Å². The number of nitro benzene ring substituents is 1. The second kappa shape index (κ2) is 6.81. The van der Waals surface area contributed by atoms with Crippen molar-refractivity contribution >= 4 is 17.7 Å². The second-order valence-electron chi connectivity index (χ2n) is 4.11. The first kappa shape index (κ1) is 15.1. The van der Waals surface area contributed by atoms with E-state index in [1.165, 1.54) is 25.3 Å². The average molecular weight is 268 g/mol. The Labute approximate surface area is 110 Å². The van der Waals surface area contributed by atoms with E-state index in [1.807, 2.05) is 0 Å². The van der Waals surface area contributed by atoms with Crippen molar-refractivity contribution in [3.8, 4) is 0 Å². The monoisotopic (exact) mass is 268 g/mol. The van der Waals surface area contributed by atoms with E-state index in [4.69, 9.17) is 4.74 Å². The van der Waals surface area contributed by atoms with Gasteiger partial charge in [0.2, 0.25) is 0 Å². The smallest absolute Gasteiger partial charge is 0.280 e. The Morgan fingerprint density at radius 1 is 1.58 bits per heavy atom. The molecule has 7 heteroatoms. The summed E-state index contributed by atoms with van der Waals surface area (Å²) in [7, 11) is 3.20. The molecule has 0 aliphatic carbocycles. The number of rotatable bonds is 7. The summed E-state index contributed by atoms with van der Waals surface area (Å²) in [5, 5.41) is 20.3. The topological polar surface area (TPSA) is 92.9 Å². The molecule has 1 rings (SSSR count). The number of anilines is 1. The van der Waals surface area contributed by atoms with E-state index in [2.05, 4.69) is 0 Å². The van der Waals surface area contributed by atoms with Gasteiger partial charge in [-0.2, -0.15) is 0 Å². The van der Waals surface area contributed by atoms with Crippen LogP contribution in [0.3, 0.4) is 0 Å². The van der Waals surface area contributed by atoms with E-state index in [1.54, 1.807) is 11.9 Å². The summed E-state index contributed by atoms with van der Waals surface area (Å²) in [6, 6.07) is 4.23. The van der Waals surface area contributed by atoms with E-state index in [0.717, 1.165) is 0 Å². The number of aldehydes is 1. The van der Waals surface area contributed by atoms with Crippen LogP contribution in [0.4, 0.5) is 11.4 Å².